The standard InChI is InChI=1S/C23H16ClN3O3/c1-12-7-19-20(8-13(12)2)27-22(26-19)15(11-25)9-16-4-6-21(30-16)14-3-5-18(24)17(10-14)23(28)29/h3-10H,1-2H3,(H,26,27)(H,28,29)/b15-9+. The molecule has 2 N–H and O–H groups in total. The topological polar surface area (TPSA) is 103 Å². The van der Waals surface area contributed by atoms with Crippen molar-refractivity contribution in [1.82, 2.24) is 9.97 Å². The van der Waals surface area contributed by atoms with Gasteiger partial charge in [0.25, 0.3) is 0 Å². The van der Waals surface area contributed by atoms with Crippen LogP contribution in [0.4, 0.5) is 0 Å². The number of benzene rings is 2. The molecule has 0 aliphatic rings. The second kappa shape index (κ2) is 7.54. The molecule has 0 saturated carbocycles. The molecule has 2 aromatic heterocycles. The number of aromatic amines is 1. The van der Waals surface area contributed by atoms with Crippen LogP contribution in [0.1, 0.15) is 33.1 Å². The van der Waals surface area contributed by atoms with Crippen molar-refractivity contribution in [1.29, 1.82) is 5.26 Å². The Morgan fingerprint density at radius 1 is 1.20 bits per heavy atom. The van der Waals surface area contributed by atoms with Crippen molar-refractivity contribution in [3.8, 4) is 17.4 Å². The minimum absolute atomic E-state index is 0.00626. The predicted molar refractivity (Wildman–Crippen MR) is 115 cm³/mol. The Morgan fingerprint density at radius 3 is 2.70 bits per heavy atom. The van der Waals surface area contributed by atoms with Crippen LogP contribution in [-0.2, 0) is 0 Å². The quantitative estimate of drug-likeness (QED) is 0.405. The van der Waals surface area contributed by atoms with Gasteiger partial charge in [0.05, 0.1) is 27.2 Å². The third kappa shape index (κ3) is 3.59. The van der Waals surface area contributed by atoms with Gasteiger partial charge >= 0.3 is 5.97 Å². The fourth-order valence-corrected chi connectivity index (χ4v) is 3.32. The lowest BCUT2D eigenvalue weighted by Crippen LogP contribution is -1.97. The first-order valence-corrected chi connectivity index (χ1v) is 9.45. The van der Waals surface area contributed by atoms with E-state index in [9.17, 15) is 15.2 Å². The molecule has 0 unspecified atom stereocenters. The number of nitrogens with zero attached hydrogens (tertiary/aromatic N) is 2. The molecule has 7 heteroatoms. The molecule has 0 atom stereocenters. The van der Waals surface area contributed by atoms with Gasteiger partial charge in [-0.3, -0.25) is 0 Å². The Hall–Kier alpha value is -3.82. The first kappa shape index (κ1) is 19.5. The average molecular weight is 418 g/mol. The van der Waals surface area contributed by atoms with Gasteiger partial charge in [-0.1, -0.05) is 11.6 Å². The van der Waals surface area contributed by atoms with E-state index >= 15 is 0 Å². The number of H-pyrrole nitrogens is 1. The molecule has 2 aromatic carbocycles. The molecule has 6 nitrogen and oxygen atoms in total. The zero-order valence-electron chi connectivity index (χ0n) is 16.2. The van der Waals surface area contributed by atoms with Crippen molar-refractivity contribution < 1.29 is 14.3 Å². The number of imidazole rings is 1. The monoisotopic (exact) mass is 417 g/mol. The molecule has 0 aliphatic carbocycles. The normalized spacial score (nSPS) is 11.6. The number of nitrogens with one attached hydrogen (secondary N) is 1. The summed E-state index contributed by atoms with van der Waals surface area (Å²) in [6.07, 6.45) is 1.59. The van der Waals surface area contributed by atoms with Crippen LogP contribution in [0.5, 0.6) is 0 Å². The van der Waals surface area contributed by atoms with Crippen molar-refractivity contribution in [3.63, 3.8) is 0 Å². The Labute approximate surface area is 177 Å². The summed E-state index contributed by atoms with van der Waals surface area (Å²) < 4.78 is 5.81. The summed E-state index contributed by atoms with van der Waals surface area (Å²) in [5.74, 6) is 0.250. The van der Waals surface area contributed by atoms with Crippen molar-refractivity contribution in [3.05, 3.63) is 75.8 Å². The molecule has 0 aliphatic heterocycles. The molecule has 4 aromatic rings. The fraction of sp³-hybridized carbons (Fsp3) is 0.0870. The lowest BCUT2D eigenvalue weighted by molar-refractivity contribution is 0.0697. The van der Waals surface area contributed by atoms with E-state index < -0.39 is 5.97 Å². The Morgan fingerprint density at radius 2 is 1.97 bits per heavy atom. The van der Waals surface area contributed by atoms with Gasteiger partial charge in [-0.15, -0.1) is 0 Å². The van der Waals surface area contributed by atoms with E-state index in [0.717, 1.165) is 22.2 Å². The molecule has 0 bridgehead atoms. The van der Waals surface area contributed by atoms with Crippen LogP contribution in [-0.4, -0.2) is 21.0 Å². The van der Waals surface area contributed by atoms with Crippen LogP contribution in [0.25, 0.3) is 34.0 Å². The van der Waals surface area contributed by atoms with Crippen molar-refractivity contribution >= 4 is 40.3 Å². The lowest BCUT2D eigenvalue weighted by Gasteiger charge is -2.02. The van der Waals surface area contributed by atoms with Crippen LogP contribution in [0.2, 0.25) is 5.02 Å². The van der Waals surface area contributed by atoms with Gasteiger partial charge in [-0.2, -0.15) is 5.26 Å². The SMILES string of the molecule is Cc1cc2nc(/C(C#N)=C/c3ccc(-c4ccc(Cl)c(C(=O)O)c4)o3)[nH]c2cc1C. The lowest BCUT2D eigenvalue weighted by atomic mass is 10.1. The van der Waals surface area contributed by atoms with E-state index in [0.29, 0.717) is 28.5 Å². The van der Waals surface area contributed by atoms with Gasteiger partial charge < -0.3 is 14.5 Å². The van der Waals surface area contributed by atoms with Crippen molar-refractivity contribution in [2.24, 2.45) is 0 Å². The maximum atomic E-state index is 11.3. The smallest absolute Gasteiger partial charge is 0.337 e. The Bertz CT molecular complexity index is 1330. The van der Waals surface area contributed by atoms with Crippen molar-refractivity contribution in [2.75, 3.05) is 0 Å². The number of aromatic carboxylic acids is 1. The van der Waals surface area contributed by atoms with E-state index in [1.807, 2.05) is 26.0 Å². The number of rotatable bonds is 4. The second-order valence-corrected chi connectivity index (χ2v) is 7.32. The molecule has 0 saturated heterocycles. The number of furan rings is 1. The summed E-state index contributed by atoms with van der Waals surface area (Å²) in [7, 11) is 0. The number of halogens is 1. The summed E-state index contributed by atoms with van der Waals surface area (Å²) in [4.78, 5) is 19.0. The van der Waals surface area contributed by atoms with Gasteiger partial charge in [0.15, 0.2) is 0 Å². The maximum Gasteiger partial charge on any atom is 0.337 e. The van der Waals surface area contributed by atoms with E-state index in [4.69, 9.17) is 16.0 Å². The van der Waals surface area contributed by atoms with Gasteiger partial charge in [0.1, 0.15) is 23.4 Å². The highest BCUT2D eigenvalue weighted by molar-refractivity contribution is 6.33. The number of hydrogen-bond donors (Lipinski definition) is 2. The average Bonchev–Trinajstić information content (AvgIpc) is 3.33. The summed E-state index contributed by atoms with van der Waals surface area (Å²) in [6.45, 7) is 4.04. The number of carboxylic acid groups (broad SMARTS) is 1. The minimum atomic E-state index is -1.12. The molecule has 0 fully saturated rings. The van der Waals surface area contributed by atoms with Gasteiger partial charge in [-0.25, -0.2) is 9.78 Å². The summed E-state index contributed by atoms with van der Waals surface area (Å²) in [6, 6.07) is 14.2. The highest BCUT2D eigenvalue weighted by Crippen LogP contribution is 2.29. The number of nitriles is 1. The number of aromatic nitrogens is 2. The molecule has 148 valence electrons. The highest BCUT2D eigenvalue weighted by Gasteiger charge is 2.14. The number of allylic oxidation sites excluding steroid dienone is 1. The van der Waals surface area contributed by atoms with Crippen LogP contribution in [0.3, 0.4) is 0 Å². The van der Waals surface area contributed by atoms with Gasteiger partial charge in [0, 0.05) is 11.6 Å². The van der Waals surface area contributed by atoms with Gasteiger partial charge in [0.2, 0.25) is 0 Å². The zero-order chi connectivity index (χ0) is 21.4. The molecule has 0 spiro atoms. The third-order valence-corrected chi connectivity index (χ3v) is 5.20. The Kier molecular flexibility index (Phi) is 4.90. The summed E-state index contributed by atoms with van der Waals surface area (Å²) in [5.41, 5.74) is 4.80. The molecule has 4 rings (SSSR count). The largest absolute Gasteiger partial charge is 0.478 e. The fourth-order valence-electron chi connectivity index (χ4n) is 3.12. The van der Waals surface area contributed by atoms with Crippen LogP contribution >= 0.6 is 11.6 Å². The molecule has 0 amide bonds. The van der Waals surface area contributed by atoms with E-state index in [1.165, 1.54) is 12.1 Å². The number of fused-ring (bicyclic) bond motifs is 1. The third-order valence-electron chi connectivity index (χ3n) is 4.87. The first-order valence-electron chi connectivity index (χ1n) is 9.08. The second-order valence-electron chi connectivity index (χ2n) is 6.91. The number of carbonyl (C=O) groups is 1. The first-order chi connectivity index (χ1) is 14.4. The minimum Gasteiger partial charge on any atom is -0.478 e. The molecule has 2 heterocycles. The maximum absolute atomic E-state index is 11.3. The van der Waals surface area contributed by atoms with E-state index in [2.05, 4.69) is 16.0 Å². The molecular weight excluding hydrogens is 402 g/mol. The molecular formula is C23H16ClN3O3. The zero-order valence-corrected chi connectivity index (χ0v) is 16.9. The van der Waals surface area contributed by atoms with Crippen LogP contribution in [0.15, 0.2) is 46.9 Å². The van der Waals surface area contributed by atoms with Crippen LogP contribution < -0.4 is 0 Å². The number of hydrogen-bond acceptors (Lipinski definition) is 4. The predicted octanol–water partition coefficient (Wildman–Crippen LogP) is 5.86. The summed E-state index contributed by atoms with van der Waals surface area (Å²) >= 11 is 5.92. The Balaban J connectivity index is 1.70. The van der Waals surface area contributed by atoms with Crippen molar-refractivity contribution in [2.45, 2.75) is 13.8 Å². The highest BCUT2D eigenvalue weighted by atomic mass is 35.5. The summed E-state index contributed by atoms with van der Waals surface area (Å²) in [5, 5.41) is 19.0. The number of aryl methyl sites for hydroxylation is 2. The molecule has 0 radical (unpaired) electrons. The number of carboxylic acids is 1. The van der Waals surface area contributed by atoms with E-state index in [1.54, 1.807) is 24.3 Å². The van der Waals surface area contributed by atoms with E-state index in [-0.39, 0.29) is 10.6 Å². The molecule has 30 heavy (non-hydrogen) atoms. The van der Waals surface area contributed by atoms with Crippen LogP contribution in [0, 0.1) is 25.2 Å². The van der Waals surface area contributed by atoms with Gasteiger partial charge in [-0.05, 0) is 67.4 Å².